The van der Waals surface area contributed by atoms with E-state index in [9.17, 15) is 20.0 Å². The van der Waals surface area contributed by atoms with Gasteiger partial charge in [0.25, 0.3) is 5.91 Å². The Balaban J connectivity index is 1.77. The molecular formula is C21H20N2O5. The number of nitrogens with one attached hydrogen (secondary N) is 1. The van der Waals surface area contributed by atoms with Crippen LogP contribution in [0.3, 0.4) is 0 Å². The molecule has 1 unspecified atom stereocenters. The molecule has 3 rings (SSSR count). The lowest BCUT2D eigenvalue weighted by molar-refractivity contribution is -0.117. The fourth-order valence-corrected chi connectivity index (χ4v) is 3.11. The van der Waals surface area contributed by atoms with Gasteiger partial charge in [0, 0.05) is 24.8 Å². The van der Waals surface area contributed by atoms with E-state index in [0.29, 0.717) is 35.8 Å². The van der Waals surface area contributed by atoms with Crippen LogP contribution in [0.5, 0.6) is 0 Å². The second kappa shape index (κ2) is 8.55. The van der Waals surface area contributed by atoms with Crippen LogP contribution in [-0.4, -0.2) is 36.2 Å². The van der Waals surface area contributed by atoms with Crippen LogP contribution < -0.4 is 5.32 Å². The predicted molar refractivity (Wildman–Crippen MR) is 101 cm³/mol. The fraction of sp³-hybridized carbons (Fsp3) is 0.286. The average Bonchev–Trinajstić information content (AvgIpc) is 3.36. The smallest absolute Gasteiger partial charge is 0.335 e. The predicted octanol–water partition coefficient (Wildman–Crippen LogP) is 3.16. The zero-order valence-electron chi connectivity index (χ0n) is 15.4. The van der Waals surface area contributed by atoms with Crippen LogP contribution in [0.4, 0.5) is 0 Å². The van der Waals surface area contributed by atoms with E-state index in [-0.39, 0.29) is 17.2 Å². The molecule has 7 nitrogen and oxygen atoms in total. The van der Waals surface area contributed by atoms with E-state index in [4.69, 9.17) is 9.15 Å². The molecule has 2 heterocycles. The number of furan rings is 1. The first-order valence-electron chi connectivity index (χ1n) is 8.94. The van der Waals surface area contributed by atoms with Crippen molar-refractivity contribution < 1.29 is 23.8 Å². The molecule has 28 heavy (non-hydrogen) atoms. The number of carbonyl (C=O) groups is 2. The van der Waals surface area contributed by atoms with Crippen LogP contribution in [0.1, 0.15) is 34.5 Å². The molecule has 1 atom stereocenters. The van der Waals surface area contributed by atoms with Crippen molar-refractivity contribution in [2.45, 2.75) is 25.9 Å². The first-order chi connectivity index (χ1) is 13.5. The van der Waals surface area contributed by atoms with Crippen molar-refractivity contribution in [2.24, 2.45) is 0 Å². The maximum absolute atomic E-state index is 12.2. The van der Waals surface area contributed by atoms with Gasteiger partial charge >= 0.3 is 5.97 Å². The van der Waals surface area contributed by atoms with Gasteiger partial charge in [-0.3, -0.25) is 4.79 Å². The zero-order chi connectivity index (χ0) is 20.1. The highest BCUT2D eigenvalue weighted by atomic mass is 16.5. The molecular weight excluding hydrogens is 360 g/mol. The van der Waals surface area contributed by atoms with Gasteiger partial charge in [0.15, 0.2) is 0 Å². The van der Waals surface area contributed by atoms with Gasteiger partial charge < -0.3 is 19.6 Å². The van der Waals surface area contributed by atoms with E-state index >= 15 is 0 Å². The van der Waals surface area contributed by atoms with Crippen molar-refractivity contribution >= 4 is 18.0 Å². The monoisotopic (exact) mass is 380 g/mol. The molecule has 0 bridgehead atoms. The van der Waals surface area contributed by atoms with Crippen molar-refractivity contribution in [3.63, 3.8) is 0 Å². The molecule has 7 heteroatoms. The second-order valence-electron chi connectivity index (χ2n) is 6.50. The Bertz CT molecular complexity index is 961. The summed E-state index contributed by atoms with van der Waals surface area (Å²) in [5.74, 6) is -0.705. The van der Waals surface area contributed by atoms with Crippen LogP contribution in [-0.2, 0) is 9.53 Å². The molecule has 0 saturated carbocycles. The molecule has 1 aliphatic heterocycles. The number of nitrogens with zero attached hydrogens (tertiary/aromatic N) is 1. The van der Waals surface area contributed by atoms with Crippen LogP contribution in [0.25, 0.3) is 17.4 Å². The fourth-order valence-electron chi connectivity index (χ4n) is 3.11. The Morgan fingerprint density at radius 2 is 2.18 bits per heavy atom. The third-order valence-electron chi connectivity index (χ3n) is 4.62. The number of nitriles is 1. The van der Waals surface area contributed by atoms with Crippen molar-refractivity contribution in [3.05, 3.63) is 52.8 Å². The highest BCUT2D eigenvalue weighted by Crippen LogP contribution is 2.28. The molecule has 144 valence electrons. The van der Waals surface area contributed by atoms with Gasteiger partial charge in [-0.05, 0) is 43.5 Å². The first kappa shape index (κ1) is 19.4. The van der Waals surface area contributed by atoms with E-state index in [0.717, 1.165) is 12.8 Å². The van der Waals surface area contributed by atoms with Crippen molar-refractivity contribution in [2.75, 3.05) is 13.2 Å². The summed E-state index contributed by atoms with van der Waals surface area (Å²) in [6, 6.07) is 10.1. The lowest BCUT2D eigenvalue weighted by Crippen LogP contribution is -2.32. The quantitative estimate of drug-likeness (QED) is 0.588. The highest BCUT2D eigenvalue weighted by molar-refractivity contribution is 6.01. The summed E-state index contributed by atoms with van der Waals surface area (Å²) in [5.41, 5.74) is 1.34. The summed E-state index contributed by atoms with van der Waals surface area (Å²) < 4.78 is 11.2. The standard InChI is InChI=1S/C21H20N2O5/c1-13-17(5-2-6-18(13)21(25)26)19-8-7-15(28-19)10-14(11-22)20(24)23-12-16-4-3-9-27-16/h2,5-8,10,16H,3-4,9,12H2,1H3,(H,23,24)(H,25,26)/b14-10+. The third-order valence-corrected chi connectivity index (χ3v) is 4.62. The second-order valence-corrected chi connectivity index (χ2v) is 6.50. The summed E-state index contributed by atoms with van der Waals surface area (Å²) in [5, 5.41) is 21.3. The normalized spacial score (nSPS) is 16.6. The maximum Gasteiger partial charge on any atom is 0.335 e. The minimum absolute atomic E-state index is 0.0106. The molecule has 0 radical (unpaired) electrons. The van der Waals surface area contributed by atoms with Crippen LogP contribution in [0.15, 0.2) is 40.3 Å². The number of rotatable bonds is 6. The maximum atomic E-state index is 12.2. The van der Waals surface area contributed by atoms with E-state index in [1.54, 1.807) is 31.2 Å². The van der Waals surface area contributed by atoms with Gasteiger partial charge in [-0.25, -0.2) is 4.79 Å². The van der Waals surface area contributed by atoms with Crippen LogP contribution in [0, 0.1) is 18.3 Å². The summed E-state index contributed by atoms with van der Waals surface area (Å²) >= 11 is 0. The van der Waals surface area contributed by atoms with Crippen LogP contribution in [0.2, 0.25) is 0 Å². The molecule has 2 N–H and O–H groups in total. The third kappa shape index (κ3) is 4.30. The number of carbonyl (C=O) groups excluding carboxylic acids is 1. The highest BCUT2D eigenvalue weighted by Gasteiger charge is 2.18. The van der Waals surface area contributed by atoms with Gasteiger partial charge in [-0.1, -0.05) is 12.1 Å². The number of hydrogen-bond donors (Lipinski definition) is 2. The molecule has 0 spiro atoms. The van der Waals surface area contributed by atoms with Crippen molar-refractivity contribution in [1.29, 1.82) is 5.26 Å². The lowest BCUT2D eigenvalue weighted by atomic mass is 10.0. The number of ether oxygens (including phenoxy) is 1. The molecule has 1 aromatic heterocycles. The van der Waals surface area contributed by atoms with E-state index in [1.165, 1.54) is 12.1 Å². The van der Waals surface area contributed by atoms with E-state index in [2.05, 4.69) is 5.32 Å². The number of carboxylic acids is 1. The minimum Gasteiger partial charge on any atom is -0.478 e. The van der Waals surface area contributed by atoms with E-state index < -0.39 is 11.9 Å². The molecule has 1 aromatic carbocycles. The average molecular weight is 380 g/mol. The topological polar surface area (TPSA) is 113 Å². The summed E-state index contributed by atoms with van der Waals surface area (Å²) in [7, 11) is 0. The van der Waals surface area contributed by atoms with Crippen LogP contribution >= 0.6 is 0 Å². The van der Waals surface area contributed by atoms with E-state index in [1.807, 2.05) is 6.07 Å². The van der Waals surface area contributed by atoms with Gasteiger partial charge in [0.2, 0.25) is 0 Å². The number of hydrogen-bond acceptors (Lipinski definition) is 5. The summed E-state index contributed by atoms with van der Waals surface area (Å²) in [6.07, 6.45) is 3.22. The summed E-state index contributed by atoms with van der Waals surface area (Å²) in [6.45, 7) is 2.76. The SMILES string of the molecule is Cc1c(C(=O)O)cccc1-c1ccc(/C=C(\C#N)C(=O)NCC2CCCO2)o1. The molecule has 1 fully saturated rings. The molecule has 1 aliphatic rings. The molecule has 1 amide bonds. The number of carboxylic acid groups (broad SMARTS) is 1. The zero-order valence-corrected chi connectivity index (χ0v) is 15.4. The molecule has 1 saturated heterocycles. The Hall–Kier alpha value is -3.37. The number of amides is 1. The van der Waals surface area contributed by atoms with Crippen molar-refractivity contribution in [3.8, 4) is 17.4 Å². The van der Waals surface area contributed by atoms with Gasteiger partial charge in [-0.2, -0.15) is 5.26 Å². The van der Waals surface area contributed by atoms with Gasteiger partial charge in [-0.15, -0.1) is 0 Å². The number of benzene rings is 1. The number of aromatic carboxylic acids is 1. The van der Waals surface area contributed by atoms with Crippen molar-refractivity contribution in [1.82, 2.24) is 5.32 Å². The Labute approximate surface area is 162 Å². The molecule has 0 aliphatic carbocycles. The largest absolute Gasteiger partial charge is 0.478 e. The Morgan fingerprint density at radius 3 is 2.86 bits per heavy atom. The first-order valence-corrected chi connectivity index (χ1v) is 8.94. The van der Waals surface area contributed by atoms with Gasteiger partial charge in [0.05, 0.1) is 11.7 Å². The Morgan fingerprint density at radius 1 is 1.36 bits per heavy atom. The minimum atomic E-state index is -1.01. The summed E-state index contributed by atoms with van der Waals surface area (Å²) in [4.78, 5) is 23.5. The lowest BCUT2D eigenvalue weighted by Gasteiger charge is -2.09. The molecule has 2 aromatic rings. The Kier molecular flexibility index (Phi) is 5.92. The van der Waals surface area contributed by atoms with Gasteiger partial charge in [0.1, 0.15) is 23.2 Å².